The Kier molecular flexibility index (Phi) is 4.69. The van der Waals surface area contributed by atoms with Crippen LogP contribution in [0, 0.1) is 18.3 Å². The third kappa shape index (κ3) is 2.99. The van der Waals surface area contributed by atoms with Gasteiger partial charge in [-0.1, -0.05) is 0 Å². The van der Waals surface area contributed by atoms with Crippen molar-refractivity contribution in [3.63, 3.8) is 0 Å². The van der Waals surface area contributed by atoms with Gasteiger partial charge in [0.15, 0.2) is 0 Å². The van der Waals surface area contributed by atoms with E-state index in [1.807, 2.05) is 13.0 Å². The first-order valence-corrected chi connectivity index (χ1v) is 9.57. The Balaban J connectivity index is 1.61. The number of hydrogen-bond donors (Lipinski definition) is 0. The van der Waals surface area contributed by atoms with Crippen LogP contribution < -0.4 is 9.64 Å². The van der Waals surface area contributed by atoms with Crippen LogP contribution in [0.3, 0.4) is 0 Å². The van der Waals surface area contributed by atoms with E-state index in [0.29, 0.717) is 5.56 Å². The van der Waals surface area contributed by atoms with Crippen LogP contribution in [0.15, 0.2) is 18.3 Å². The van der Waals surface area contributed by atoms with Crippen LogP contribution in [0.1, 0.15) is 36.8 Å². The monoisotopic (exact) mass is 350 g/mol. The number of piperidine rings is 1. The standard InChI is InChI=1S/C21H26N4O/c1-15-16(13-22)14-23-19-12-20(21(26-2)11-18(15)19)25-9-5-17(6-10-25)24-7-3-4-8-24/h11-12,14,17H,3-10H2,1-2H3. The highest BCUT2D eigenvalue weighted by molar-refractivity contribution is 5.89. The van der Waals surface area contributed by atoms with Crippen molar-refractivity contribution in [2.75, 3.05) is 38.2 Å². The van der Waals surface area contributed by atoms with Crippen molar-refractivity contribution in [2.24, 2.45) is 0 Å². The van der Waals surface area contributed by atoms with Crippen molar-refractivity contribution in [1.82, 2.24) is 9.88 Å². The molecule has 5 heteroatoms. The minimum atomic E-state index is 0.624. The number of ether oxygens (including phenoxy) is 1. The summed E-state index contributed by atoms with van der Waals surface area (Å²) in [5.41, 5.74) is 3.64. The molecule has 2 fully saturated rings. The molecule has 0 saturated carbocycles. The molecule has 0 bridgehead atoms. The van der Waals surface area contributed by atoms with Crippen LogP contribution >= 0.6 is 0 Å². The number of methoxy groups -OCH3 is 1. The lowest BCUT2D eigenvalue weighted by Gasteiger charge is -2.38. The van der Waals surface area contributed by atoms with Crippen molar-refractivity contribution in [3.05, 3.63) is 29.5 Å². The summed E-state index contributed by atoms with van der Waals surface area (Å²) in [6.07, 6.45) is 6.80. The molecule has 26 heavy (non-hydrogen) atoms. The number of hydrogen-bond acceptors (Lipinski definition) is 5. The zero-order valence-electron chi connectivity index (χ0n) is 15.7. The summed E-state index contributed by atoms with van der Waals surface area (Å²) in [5.74, 6) is 0.872. The average Bonchev–Trinajstić information content (AvgIpc) is 3.22. The Labute approximate surface area is 155 Å². The van der Waals surface area contributed by atoms with Crippen molar-refractivity contribution < 1.29 is 4.74 Å². The lowest BCUT2D eigenvalue weighted by atomic mass is 10.0. The van der Waals surface area contributed by atoms with E-state index in [9.17, 15) is 5.26 Å². The molecule has 4 rings (SSSR count). The maximum atomic E-state index is 9.24. The summed E-state index contributed by atoms with van der Waals surface area (Å²) in [6, 6.07) is 7.12. The number of likely N-dealkylation sites (tertiary alicyclic amines) is 1. The van der Waals surface area contributed by atoms with Crippen LogP contribution in [0.2, 0.25) is 0 Å². The van der Waals surface area contributed by atoms with Gasteiger partial charge in [0.25, 0.3) is 0 Å². The minimum Gasteiger partial charge on any atom is -0.495 e. The number of pyridine rings is 1. The Morgan fingerprint density at radius 1 is 1.15 bits per heavy atom. The van der Waals surface area contributed by atoms with Gasteiger partial charge in [-0.15, -0.1) is 0 Å². The Bertz CT molecular complexity index is 843. The minimum absolute atomic E-state index is 0.624. The summed E-state index contributed by atoms with van der Waals surface area (Å²) in [5, 5.41) is 10.2. The van der Waals surface area contributed by atoms with E-state index in [-0.39, 0.29) is 0 Å². The molecule has 2 aliphatic heterocycles. The summed E-state index contributed by atoms with van der Waals surface area (Å²) >= 11 is 0. The molecule has 0 radical (unpaired) electrons. The molecule has 0 N–H and O–H groups in total. The fraction of sp³-hybridized carbons (Fsp3) is 0.524. The topological polar surface area (TPSA) is 52.4 Å². The maximum Gasteiger partial charge on any atom is 0.142 e. The Hall–Kier alpha value is -2.32. The molecule has 0 unspecified atom stereocenters. The van der Waals surface area contributed by atoms with Gasteiger partial charge in [-0.2, -0.15) is 5.26 Å². The maximum absolute atomic E-state index is 9.24. The molecule has 5 nitrogen and oxygen atoms in total. The van der Waals surface area contributed by atoms with E-state index < -0.39 is 0 Å². The third-order valence-corrected chi connectivity index (χ3v) is 6.02. The quantitative estimate of drug-likeness (QED) is 0.848. The highest BCUT2D eigenvalue weighted by atomic mass is 16.5. The average molecular weight is 350 g/mol. The highest BCUT2D eigenvalue weighted by Gasteiger charge is 2.27. The zero-order chi connectivity index (χ0) is 18.1. The van der Waals surface area contributed by atoms with Crippen LogP contribution in [0.4, 0.5) is 5.69 Å². The normalized spacial score (nSPS) is 19.0. The molecule has 0 atom stereocenters. The van der Waals surface area contributed by atoms with Crippen LogP contribution in [-0.2, 0) is 0 Å². The van der Waals surface area contributed by atoms with Crippen molar-refractivity contribution >= 4 is 16.6 Å². The molecule has 2 aliphatic rings. The van der Waals surface area contributed by atoms with Crippen molar-refractivity contribution in [2.45, 2.75) is 38.6 Å². The number of fused-ring (bicyclic) bond motifs is 1. The largest absolute Gasteiger partial charge is 0.495 e. The molecule has 3 heterocycles. The number of nitrogens with zero attached hydrogens (tertiary/aromatic N) is 4. The van der Waals surface area contributed by atoms with Gasteiger partial charge in [0, 0.05) is 30.7 Å². The second-order valence-electron chi connectivity index (χ2n) is 7.41. The van der Waals surface area contributed by atoms with E-state index in [1.54, 1.807) is 13.3 Å². The van der Waals surface area contributed by atoms with Gasteiger partial charge in [-0.05, 0) is 63.4 Å². The fourth-order valence-corrected chi connectivity index (χ4v) is 4.44. The number of aromatic nitrogens is 1. The molecule has 2 aromatic rings. The lowest BCUT2D eigenvalue weighted by molar-refractivity contribution is 0.207. The van der Waals surface area contributed by atoms with Crippen LogP contribution in [0.25, 0.3) is 10.9 Å². The van der Waals surface area contributed by atoms with E-state index in [1.165, 1.54) is 38.8 Å². The molecule has 0 spiro atoms. The Morgan fingerprint density at radius 3 is 2.54 bits per heavy atom. The van der Waals surface area contributed by atoms with Gasteiger partial charge in [-0.3, -0.25) is 4.98 Å². The fourth-order valence-electron chi connectivity index (χ4n) is 4.44. The molecule has 1 aromatic carbocycles. The van der Waals surface area contributed by atoms with Gasteiger partial charge >= 0.3 is 0 Å². The second kappa shape index (κ2) is 7.13. The van der Waals surface area contributed by atoms with Gasteiger partial charge in [0.2, 0.25) is 0 Å². The number of benzene rings is 1. The van der Waals surface area contributed by atoms with Crippen LogP contribution in [0.5, 0.6) is 5.75 Å². The lowest BCUT2D eigenvalue weighted by Crippen LogP contribution is -2.44. The first kappa shape index (κ1) is 17.1. The molecule has 1 aromatic heterocycles. The Morgan fingerprint density at radius 2 is 1.88 bits per heavy atom. The predicted molar refractivity (Wildman–Crippen MR) is 104 cm³/mol. The van der Waals surface area contributed by atoms with E-state index in [0.717, 1.165) is 47.0 Å². The summed E-state index contributed by atoms with van der Waals surface area (Å²) in [6.45, 7) is 6.63. The summed E-state index contributed by atoms with van der Waals surface area (Å²) < 4.78 is 5.70. The number of anilines is 1. The SMILES string of the molecule is COc1cc2c(C)c(C#N)cnc2cc1N1CCC(N2CCCC2)CC1. The molecule has 2 saturated heterocycles. The van der Waals surface area contributed by atoms with E-state index in [4.69, 9.17) is 4.74 Å². The van der Waals surface area contributed by atoms with Gasteiger partial charge in [-0.25, -0.2) is 0 Å². The van der Waals surface area contributed by atoms with Gasteiger partial charge in [0.05, 0.1) is 23.9 Å². The first-order valence-electron chi connectivity index (χ1n) is 9.57. The summed E-state index contributed by atoms with van der Waals surface area (Å²) in [4.78, 5) is 9.61. The van der Waals surface area contributed by atoms with Gasteiger partial charge < -0.3 is 14.5 Å². The second-order valence-corrected chi connectivity index (χ2v) is 7.41. The number of nitriles is 1. The predicted octanol–water partition coefficient (Wildman–Crippen LogP) is 3.49. The van der Waals surface area contributed by atoms with Crippen LogP contribution in [-0.4, -0.2) is 49.2 Å². The number of aryl methyl sites for hydroxylation is 1. The molecule has 0 amide bonds. The smallest absolute Gasteiger partial charge is 0.142 e. The van der Waals surface area contributed by atoms with E-state index in [2.05, 4.69) is 26.9 Å². The first-order chi connectivity index (χ1) is 12.7. The molecular weight excluding hydrogens is 324 g/mol. The molecular formula is C21H26N4O. The van der Waals surface area contributed by atoms with E-state index >= 15 is 0 Å². The summed E-state index contributed by atoms with van der Waals surface area (Å²) in [7, 11) is 1.72. The number of rotatable bonds is 3. The van der Waals surface area contributed by atoms with Crippen molar-refractivity contribution in [3.8, 4) is 11.8 Å². The molecule has 136 valence electrons. The van der Waals surface area contributed by atoms with Gasteiger partial charge in [0.1, 0.15) is 11.8 Å². The van der Waals surface area contributed by atoms with Crippen molar-refractivity contribution in [1.29, 1.82) is 5.26 Å². The third-order valence-electron chi connectivity index (χ3n) is 6.02. The zero-order valence-corrected chi connectivity index (χ0v) is 15.7. The highest BCUT2D eigenvalue weighted by Crippen LogP contribution is 2.36. The molecule has 0 aliphatic carbocycles.